The van der Waals surface area contributed by atoms with Crippen LogP contribution in [0.25, 0.3) is 0 Å². The highest BCUT2D eigenvalue weighted by Crippen LogP contribution is 2.10. The largest absolute Gasteiger partial charge is 0.375 e. The van der Waals surface area contributed by atoms with Gasteiger partial charge in [-0.3, -0.25) is 10.4 Å². The SMILES string of the molecule is CN=C(NN)NCCCN(C)c1ccccc1. The summed E-state index contributed by atoms with van der Waals surface area (Å²) in [4.78, 5) is 6.16. The van der Waals surface area contributed by atoms with Gasteiger partial charge in [-0.05, 0) is 18.6 Å². The molecule has 0 aliphatic carbocycles. The first kappa shape index (κ1) is 13.3. The second kappa shape index (κ2) is 7.51. The molecule has 17 heavy (non-hydrogen) atoms. The van der Waals surface area contributed by atoms with Crippen molar-refractivity contribution < 1.29 is 0 Å². The van der Waals surface area contributed by atoms with E-state index in [-0.39, 0.29) is 0 Å². The molecule has 0 atom stereocenters. The number of nitrogens with two attached hydrogens (primary N) is 1. The molecule has 0 saturated carbocycles. The molecule has 4 N–H and O–H groups in total. The molecule has 0 heterocycles. The number of nitrogens with one attached hydrogen (secondary N) is 2. The fourth-order valence-corrected chi connectivity index (χ4v) is 1.53. The molecule has 0 aliphatic heterocycles. The van der Waals surface area contributed by atoms with Gasteiger partial charge in [0.05, 0.1) is 0 Å². The van der Waals surface area contributed by atoms with Crippen LogP contribution in [0.15, 0.2) is 35.3 Å². The van der Waals surface area contributed by atoms with Crippen molar-refractivity contribution in [3.63, 3.8) is 0 Å². The zero-order valence-corrected chi connectivity index (χ0v) is 10.5. The van der Waals surface area contributed by atoms with Crippen LogP contribution in [0.4, 0.5) is 5.69 Å². The molecule has 0 aromatic heterocycles. The van der Waals surface area contributed by atoms with Crippen molar-refractivity contribution in [3.05, 3.63) is 30.3 Å². The van der Waals surface area contributed by atoms with Crippen LogP contribution < -0.4 is 21.5 Å². The summed E-state index contributed by atoms with van der Waals surface area (Å²) in [5.41, 5.74) is 3.73. The van der Waals surface area contributed by atoms with Gasteiger partial charge in [0.15, 0.2) is 0 Å². The second-order valence-electron chi connectivity index (χ2n) is 3.75. The van der Waals surface area contributed by atoms with E-state index in [9.17, 15) is 0 Å². The summed E-state index contributed by atoms with van der Waals surface area (Å²) in [6.45, 7) is 1.83. The summed E-state index contributed by atoms with van der Waals surface area (Å²) in [5, 5.41) is 3.11. The number of anilines is 1. The smallest absolute Gasteiger partial charge is 0.205 e. The lowest BCUT2D eigenvalue weighted by molar-refractivity contribution is 0.735. The molecule has 0 saturated heterocycles. The minimum Gasteiger partial charge on any atom is -0.375 e. The Kier molecular flexibility index (Phi) is 5.88. The van der Waals surface area contributed by atoms with Gasteiger partial charge < -0.3 is 10.2 Å². The van der Waals surface area contributed by atoms with Crippen LogP contribution in [0, 0.1) is 0 Å². The predicted octanol–water partition coefficient (Wildman–Crippen LogP) is 0.552. The van der Waals surface area contributed by atoms with Gasteiger partial charge in [0.2, 0.25) is 5.96 Å². The second-order valence-corrected chi connectivity index (χ2v) is 3.75. The maximum atomic E-state index is 5.26. The Morgan fingerprint density at radius 3 is 2.65 bits per heavy atom. The Labute approximate surface area is 103 Å². The first-order chi connectivity index (χ1) is 8.27. The van der Waals surface area contributed by atoms with Crippen molar-refractivity contribution in [2.24, 2.45) is 10.8 Å². The predicted molar refractivity (Wildman–Crippen MR) is 73.0 cm³/mol. The third-order valence-corrected chi connectivity index (χ3v) is 2.52. The Bertz CT molecular complexity index is 336. The average molecular weight is 235 g/mol. The van der Waals surface area contributed by atoms with E-state index in [1.807, 2.05) is 18.2 Å². The molecule has 5 nitrogen and oxygen atoms in total. The van der Waals surface area contributed by atoms with E-state index < -0.39 is 0 Å². The van der Waals surface area contributed by atoms with Gasteiger partial charge >= 0.3 is 0 Å². The standard InChI is InChI=1S/C12H21N5/c1-14-12(16-13)15-9-6-10-17(2)11-7-4-3-5-8-11/h3-5,7-8H,6,9-10,13H2,1-2H3,(H2,14,15,16). The number of guanidine groups is 1. The first-order valence-electron chi connectivity index (χ1n) is 5.71. The molecular formula is C12H21N5. The van der Waals surface area contributed by atoms with E-state index in [1.165, 1.54) is 5.69 Å². The quantitative estimate of drug-likeness (QED) is 0.229. The van der Waals surface area contributed by atoms with Crippen molar-refractivity contribution in [3.8, 4) is 0 Å². The molecule has 94 valence electrons. The Morgan fingerprint density at radius 1 is 1.35 bits per heavy atom. The van der Waals surface area contributed by atoms with E-state index in [4.69, 9.17) is 5.84 Å². The van der Waals surface area contributed by atoms with Gasteiger partial charge in [-0.2, -0.15) is 0 Å². The number of nitrogens with zero attached hydrogens (tertiary/aromatic N) is 2. The summed E-state index contributed by atoms with van der Waals surface area (Å²) in [6.07, 6.45) is 1.02. The highest BCUT2D eigenvalue weighted by atomic mass is 15.3. The normalized spacial score (nSPS) is 11.1. The maximum absolute atomic E-state index is 5.26. The number of hydrazine groups is 1. The molecule has 0 fully saturated rings. The average Bonchev–Trinajstić information content (AvgIpc) is 2.40. The Balaban J connectivity index is 2.23. The molecule has 0 unspecified atom stereocenters. The first-order valence-corrected chi connectivity index (χ1v) is 5.71. The lowest BCUT2D eigenvalue weighted by Gasteiger charge is -2.19. The van der Waals surface area contributed by atoms with Crippen LogP contribution in [0.1, 0.15) is 6.42 Å². The molecule has 5 heteroatoms. The fraction of sp³-hybridized carbons (Fsp3) is 0.417. The molecule has 0 radical (unpaired) electrons. The summed E-state index contributed by atoms with van der Waals surface area (Å²) in [6, 6.07) is 10.3. The molecule has 0 aliphatic rings. The Morgan fingerprint density at radius 2 is 2.06 bits per heavy atom. The Hall–Kier alpha value is -1.75. The fourth-order valence-electron chi connectivity index (χ4n) is 1.53. The van der Waals surface area contributed by atoms with Gasteiger partial charge in [-0.1, -0.05) is 18.2 Å². The lowest BCUT2D eigenvalue weighted by Crippen LogP contribution is -2.42. The number of rotatable bonds is 5. The van der Waals surface area contributed by atoms with Crippen molar-refractivity contribution in [1.82, 2.24) is 10.7 Å². The highest BCUT2D eigenvalue weighted by molar-refractivity contribution is 5.78. The van der Waals surface area contributed by atoms with Gasteiger partial charge in [-0.25, -0.2) is 5.84 Å². The number of hydrogen-bond donors (Lipinski definition) is 3. The van der Waals surface area contributed by atoms with Crippen molar-refractivity contribution in [1.29, 1.82) is 0 Å². The molecule has 1 aromatic rings. The van der Waals surface area contributed by atoms with Gasteiger partial charge in [0.1, 0.15) is 0 Å². The summed E-state index contributed by atoms with van der Waals surface area (Å²) in [7, 11) is 3.78. The van der Waals surface area contributed by atoms with Crippen LogP contribution in [0.2, 0.25) is 0 Å². The van der Waals surface area contributed by atoms with Crippen molar-refractivity contribution in [2.45, 2.75) is 6.42 Å². The van der Waals surface area contributed by atoms with Crippen LogP contribution in [-0.4, -0.2) is 33.1 Å². The third kappa shape index (κ3) is 4.74. The summed E-state index contributed by atoms with van der Waals surface area (Å²) >= 11 is 0. The lowest BCUT2D eigenvalue weighted by atomic mass is 10.3. The van der Waals surface area contributed by atoms with Crippen molar-refractivity contribution in [2.75, 3.05) is 32.1 Å². The van der Waals surface area contributed by atoms with E-state index >= 15 is 0 Å². The van der Waals surface area contributed by atoms with Crippen LogP contribution in [0.3, 0.4) is 0 Å². The topological polar surface area (TPSA) is 65.7 Å². The van der Waals surface area contributed by atoms with Crippen LogP contribution in [0.5, 0.6) is 0 Å². The molecule has 0 bridgehead atoms. The maximum Gasteiger partial charge on any atom is 0.205 e. The summed E-state index contributed by atoms with van der Waals surface area (Å²) < 4.78 is 0. The third-order valence-electron chi connectivity index (χ3n) is 2.52. The number of aliphatic imine (C=N–C) groups is 1. The van der Waals surface area contributed by atoms with Gasteiger partial charge in [-0.15, -0.1) is 0 Å². The van der Waals surface area contributed by atoms with E-state index in [0.29, 0.717) is 5.96 Å². The highest BCUT2D eigenvalue weighted by Gasteiger charge is 1.99. The van der Waals surface area contributed by atoms with Gasteiger partial charge in [0.25, 0.3) is 0 Å². The molecule has 0 amide bonds. The summed E-state index contributed by atoms with van der Waals surface area (Å²) in [5.74, 6) is 5.88. The number of hydrogen-bond acceptors (Lipinski definition) is 3. The zero-order chi connectivity index (χ0) is 12.5. The molecule has 0 spiro atoms. The van der Waals surface area contributed by atoms with Crippen molar-refractivity contribution >= 4 is 11.6 Å². The molecule has 1 aromatic carbocycles. The van der Waals surface area contributed by atoms with E-state index in [2.05, 4.69) is 39.8 Å². The minimum atomic E-state index is 0.618. The van der Waals surface area contributed by atoms with E-state index in [0.717, 1.165) is 19.5 Å². The van der Waals surface area contributed by atoms with Crippen LogP contribution in [-0.2, 0) is 0 Å². The molecular weight excluding hydrogens is 214 g/mol. The zero-order valence-electron chi connectivity index (χ0n) is 10.5. The minimum absolute atomic E-state index is 0.618. The van der Waals surface area contributed by atoms with Gasteiger partial charge in [0, 0.05) is 32.9 Å². The number of para-hydroxylation sites is 1. The number of benzene rings is 1. The molecule has 1 rings (SSSR count). The van der Waals surface area contributed by atoms with E-state index in [1.54, 1.807) is 7.05 Å². The van der Waals surface area contributed by atoms with Crippen LogP contribution >= 0.6 is 0 Å². The monoisotopic (exact) mass is 235 g/mol.